The second kappa shape index (κ2) is 8.26. The Kier molecular flexibility index (Phi) is 5.98. The van der Waals surface area contributed by atoms with Gasteiger partial charge in [0.25, 0.3) is 0 Å². The van der Waals surface area contributed by atoms with E-state index in [1.165, 1.54) is 57.9 Å². The SMILES string of the molecule is CC(C)C1CCN(C)C1C[C@@H](C)[C@H]1CC[C@H]2C3=CC[C@H]4[C@H](N)C=CC[C@]4(C)[C@H]3CC[C@]12C. The van der Waals surface area contributed by atoms with E-state index >= 15 is 0 Å². The van der Waals surface area contributed by atoms with Crippen molar-refractivity contribution in [1.82, 2.24) is 4.90 Å². The summed E-state index contributed by atoms with van der Waals surface area (Å²) in [5, 5.41) is 0. The minimum atomic E-state index is 0.258. The molecule has 2 unspecified atom stereocenters. The van der Waals surface area contributed by atoms with Gasteiger partial charge in [-0.3, -0.25) is 0 Å². The Morgan fingerprint density at radius 3 is 2.56 bits per heavy atom. The third-order valence-corrected chi connectivity index (χ3v) is 11.8. The van der Waals surface area contributed by atoms with Crippen molar-refractivity contribution in [2.24, 2.45) is 58.0 Å². The van der Waals surface area contributed by atoms with Gasteiger partial charge >= 0.3 is 0 Å². The molecule has 4 aliphatic carbocycles. The number of hydrogen-bond acceptors (Lipinski definition) is 2. The van der Waals surface area contributed by atoms with Crippen molar-refractivity contribution >= 4 is 0 Å². The van der Waals surface area contributed by atoms with Crippen LogP contribution in [-0.2, 0) is 0 Å². The van der Waals surface area contributed by atoms with Gasteiger partial charge in [0.2, 0.25) is 0 Å². The number of allylic oxidation sites excluding steroid dienone is 3. The van der Waals surface area contributed by atoms with Crippen molar-refractivity contribution in [3.8, 4) is 0 Å². The van der Waals surface area contributed by atoms with Crippen LogP contribution >= 0.6 is 0 Å². The fourth-order valence-corrected chi connectivity index (χ4v) is 9.98. The topological polar surface area (TPSA) is 29.3 Å². The quantitative estimate of drug-likeness (QED) is 0.497. The van der Waals surface area contributed by atoms with E-state index in [0.717, 1.165) is 41.5 Å². The fraction of sp³-hybridized carbons (Fsp3) is 0.867. The molecule has 0 bridgehead atoms. The Hall–Kier alpha value is -0.600. The van der Waals surface area contributed by atoms with Crippen LogP contribution in [0.4, 0.5) is 0 Å². The number of likely N-dealkylation sites (tertiary alicyclic amines) is 1. The summed E-state index contributed by atoms with van der Waals surface area (Å²) >= 11 is 0. The minimum Gasteiger partial charge on any atom is -0.324 e. The molecular weight excluding hydrogens is 388 g/mol. The molecule has 5 rings (SSSR count). The first-order chi connectivity index (χ1) is 15.2. The van der Waals surface area contributed by atoms with Gasteiger partial charge in [0.1, 0.15) is 0 Å². The van der Waals surface area contributed by atoms with Crippen LogP contribution in [0.1, 0.15) is 86.0 Å². The molecule has 0 spiro atoms. The Morgan fingerprint density at radius 2 is 1.81 bits per heavy atom. The molecule has 5 aliphatic rings. The minimum absolute atomic E-state index is 0.258. The number of nitrogens with two attached hydrogens (primary N) is 1. The van der Waals surface area contributed by atoms with E-state index in [1.807, 2.05) is 5.57 Å². The van der Waals surface area contributed by atoms with E-state index in [1.54, 1.807) is 0 Å². The highest BCUT2D eigenvalue weighted by Crippen LogP contribution is 2.66. The monoisotopic (exact) mass is 438 g/mol. The van der Waals surface area contributed by atoms with Gasteiger partial charge < -0.3 is 10.6 Å². The molecule has 0 amide bonds. The van der Waals surface area contributed by atoms with Crippen molar-refractivity contribution in [3.05, 3.63) is 23.8 Å². The molecule has 2 saturated carbocycles. The molecule has 2 heteroatoms. The predicted octanol–water partition coefficient (Wildman–Crippen LogP) is 6.67. The van der Waals surface area contributed by atoms with Gasteiger partial charge in [-0.25, -0.2) is 0 Å². The van der Waals surface area contributed by atoms with Gasteiger partial charge in [0.05, 0.1) is 0 Å². The Balaban J connectivity index is 1.35. The maximum Gasteiger partial charge on any atom is 0.0261 e. The van der Waals surface area contributed by atoms with Crippen molar-refractivity contribution < 1.29 is 0 Å². The number of nitrogens with zero attached hydrogens (tertiary/aromatic N) is 1. The molecular formula is C30H50N2. The summed E-state index contributed by atoms with van der Waals surface area (Å²) in [5.41, 5.74) is 9.37. The molecule has 1 saturated heterocycles. The van der Waals surface area contributed by atoms with E-state index in [-0.39, 0.29) is 6.04 Å². The van der Waals surface area contributed by atoms with Crippen LogP contribution in [0.2, 0.25) is 0 Å². The van der Waals surface area contributed by atoms with Gasteiger partial charge in [-0.1, -0.05) is 58.4 Å². The normalized spacial score (nSPS) is 49.5. The highest BCUT2D eigenvalue weighted by molar-refractivity contribution is 5.30. The summed E-state index contributed by atoms with van der Waals surface area (Å²) in [6.45, 7) is 14.1. The van der Waals surface area contributed by atoms with Gasteiger partial charge in [0.15, 0.2) is 0 Å². The van der Waals surface area contributed by atoms with Crippen LogP contribution in [0.5, 0.6) is 0 Å². The summed E-state index contributed by atoms with van der Waals surface area (Å²) in [4.78, 5) is 2.69. The summed E-state index contributed by atoms with van der Waals surface area (Å²) in [6.07, 6.45) is 18.4. The molecule has 0 aromatic carbocycles. The van der Waals surface area contributed by atoms with Crippen molar-refractivity contribution in [2.75, 3.05) is 13.6 Å². The zero-order chi connectivity index (χ0) is 22.8. The standard InChI is InChI=1S/C30H50N2/c1-19(2)21-14-17-32(6)28(21)18-20(3)23-11-12-24-22-9-10-26-27(31)8-7-15-29(26,4)25(22)13-16-30(23,24)5/h7-9,19-21,23-28H,10-18,31H2,1-6H3/t20-,21?,23-,24+,25+,26+,27-,28?,29-,30-/m1/s1. The first-order valence-corrected chi connectivity index (χ1v) is 14.0. The lowest BCUT2D eigenvalue weighted by Crippen LogP contribution is -2.52. The van der Waals surface area contributed by atoms with Gasteiger partial charge in [0, 0.05) is 12.1 Å². The van der Waals surface area contributed by atoms with E-state index in [9.17, 15) is 0 Å². The molecule has 0 radical (unpaired) electrons. The van der Waals surface area contributed by atoms with Crippen LogP contribution in [0.3, 0.4) is 0 Å². The zero-order valence-electron chi connectivity index (χ0n) is 21.8. The average molecular weight is 439 g/mol. The van der Waals surface area contributed by atoms with Crippen LogP contribution < -0.4 is 5.73 Å². The first-order valence-electron chi connectivity index (χ1n) is 14.0. The fourth-order valence-electron chi connectivity index (χ4n) is 9.98. The van der Waals surface area contributed by atoms with Gasteiger partial charge in [-0.15, -0.1) is 0 Å². The molecule has 2 nitrogen and oxygen atoms in total. The van der Waals surface area contributed by atoms with Gasteiger partial charge in [-0.2, -0.15) is 0 Å². The molecule has 1 heterocycles. The second-order valence-electron chi connectivity index (χ2n) is 13.6. The molecule has 32 heavy (non-hydrogen) atoms. The summed E-state index contributed by atoms with van der Waals surface area (Å²) in [7, 11) is 2.39. The smallest absolute Gasteiger partial charge is 0.0261 e. The van der Waals surface area contributed by atoms with E-state index < -0.39 is 0 Å². The van der Waals surface area contributed by atoms with Crippen LogP contribution in [-0.4, -0.2) is 30.6 Å². The third-order valence-electron chi connectivity index (χ3n) is 11.8. The zero-order valence-corrected chi connectivity index (χ0v) is 21.8. The molecule has 0 aromatic heterocycles. The van der Waals surface area contributed by atoms with Crippen molar-refractivity contribution in [3.63, 3.8) is 0 Å². The van der Waals surface area contributed by atoms with E-state index in [2.05, 4.69) is 64.8 Å². The number of hydrogen-bond donors (Lipinski definition) is 1. The first kappa shape index (κ1) is 23.2. The molecule has 1 aliphatic heterocycles. The molecule has 180 valence electrons. The molecule has 10 atom stereocenters. The summed E-state index contributed by atoms with van der Waals surface area (Å²) < 4.78 is 0. The molecule has 0 aromatic rings. The maximum atomic E-state index is 6.59. The molecule has 2 N–H and O–H groups in total. The van der Waals surface area contributed by atoms with Crippen LogP contribution in [0, 0.1) is 52.3 Å². The highest BCUT2D eigenvalue weighted by Gasteiger charge is 2.58. The lowest BCUT2D eigenvalue weighted by Gasteiger charge is -2.57. The lowest BCUT2D eigenvalue weighted by molar-refractivity contribution is 0.00518. The second-order valence-corrected chi connectivity index (χ2v) is 13.6. The maximum absolute atomic E-state index is 6.59. The number of rotatable bonds is 4. The Bertz CT molecular complexity index is 767. The Morgan fingerprint density at radius 1 is 1.06 bits per heavy atom. The number of fused-ring (bicyclic) bond motifs is 5. The summed E-state index contributed by atoms with van der Waals surface area (Å²) in [5.74, 6) is 5.70. The van der Waals surface area contributed by atoms with Gasteiger partial charge in [-0.05, 0) is 117 Å². The lowest BCUT2D eigenvalue weighted by atomic mass is 9.48. The van der Waals surface area contributed by atoms with Crippen LogP contribution in [0.25, 0.3) is 0 Å². The Labute approximate surface area is 198 Å². The van der Waals surface area contributed by atoms with Crippen molar-refractivity contribution in [1.29, 1.82) is 0 Å². The van der Waals surface area contributed by atoms with Crippen molar-refractivity contribution in [2.45, 2.75) is 98.1 Å². The third kappa shape index (κ3) is 3.41. The van der Waals surface area contributed by atoms with E-state index in [0.29, 0.717) is 16.7 Å². The predicted molar refractivity (Wildman–Crippen MR) is 136 cm³/mol. The largest absolute Gasteiger partial charge is 0.324 e. The highest BCUT2D eigenvalue weighted by atomic mass is 15.2. The van der Waals surface area contributed by atoms with E-state index in [4.69, 9.17) is 5.73 Å². The summed E-state index contributed by atoms with van der Waals surface area (Å²) in [6, 6.07) is 1.06. The molecule has 3 fully saturated rings. The average Bonchev–Trinajstić information content (AvgIpc) is 3.27. The van der Waals surface area contributed by atoms with Crippen LogP contribution in [0.15, 0.2) is 23.8 Å².